The number of hydrogen-bond acceptors (Lipinski definition) is 1. The molecule has 0 N–H and O–H groups in total. The standard InChI is InChI=1S/C9H9BrN2/c10-8-3-9(4-11)12(6-8)5-7-1-2-7/h3,6-7H,1-2,5H2. The molecule has 1 saturated carbocycles. The molecular weight excluding hydrogens is 216 g/mol. The summed E-state index contributed by atoms with van der Waals surface area (Å²) in [7, 11) is 0. The second-order valence-electron chi connectivity index (χ2n) is 3.25. The van der Waals surface area contributed by atoms with E-state index < -0.39 is 0 Å². The Kier molecular flexibility index (Phi) is 1.93. The van der Waals surface area contributed by atoms with Gasteiger partial charge < -0.3 is 4.57 Å². The largest absolute Gasteiger partial charge is 0.338 e. The summed E-state index contributed by atoms with van der Waals surface area (Å²) in [5, 5.41) is 8.77. The average molecular weight is 225 g/mol. The summed E-state index contributed by atoms with van der Waals surface area (Å²) in [5.74, 6) is 0.816. The van der Waals surface area contributed by atoms with Crippen LogP contribution < -0.4 is 0 Å². The van der Waals surface area contributed by atoms with Gasteiger partial charge in [0.2, 0.25) is 0 Å². The average Bonchev–Trinajstić information content (AvgIpc) is 2.76. The Morgan fingerprint density at radius 3 is 3.00 bits per heavy atom. The zero-order valence-electron chi connectivity index (χ0n) is 6.63. The Bertz CT molecular complexity index is 331. The topological polar surface area (TPSA) is 28.7 Å². The molecular formula is C9H9BrN2. The van der Waals surface area contributed by atoms with E-state index in [0.29, 0.717) is 0 Å². The summed E-state index contributed by atoms with van der Waals surface area (Å²) in [4.78, 5) is 0. The molecule has 1 heterocycles. The lowest BCUT2D eigenvalue weighted by molar-refractivity contribution is 0.624. The van der Waals surface area contributed by atoms with Crippen molar-refractivity contribution in [1.29, 1.82) is 5.26 Å². The molecule has 1 aromatic heterocycles. The lowest BCUT2D eigenvalue weighted by Crippen LogP contribution is -1.99. The van der Waals surface area contributed by atoms with Gasteiger partial charge in [-0.2, -0.15) is 5.26 Å². The van der Waals surface area contributed by atoms with Crippen LogP contribution in [0.2, 0.25) is 0 Å². The van der Waals surface area contributed by atoms with Gasteiger partial charge in [-0.1, -0.05) is 0 Å². The summed E-state index contributed by atoms with van der Waals surface area (Å²) in [5.41, 5.74) is 0.758. The van der Waals surface area contributed by atoms with Crippen LogP contribution in [-0.4, -0.2) is 4.57 Å². The molecule has 0 bridgehead atoms. The van der Waals surface area contributed by atoms with Crippen LogP contribution in [0.1, 0.15) is 18.5 Å². The zero-order chi connectivity index (χ0) is 8.55. The molecule has 0 radical (unpaired) electrons. The van der Waals surface area contributed by atoms with E-state index >= 15 is 0 Å². The van der Waals surface area contributed by atoms with Crippen molar-refractivity contribution in [3.63, 3.8) is 0 Å². The first-order chi connectivity index (χ1) is 5.79. The highest BCUT2D eigenvalue weighted by Crippen LogP contribution is 2.31. The van der Waals surface area contributed by atoms with E-state index in [-0.39, 0.29) is 0 Å². The highest BCUT2D eigenvalue weighted by Gasteiger charge is 2.22. The van der Waals surface area contributed by atoms with E-state index in [1.165, 1.54) is 12.8 Å². The van der Waals surface area contributed by atoms with Gasteiger partial charge >= 0.3 is 0 Å². The maximum atomic E-state index is 8.77. The van der Waals surface area contributed by atoms with Gasteiger partial charge in [-0.05, 0) is 40.8 Å². The molecule has 1 fully saturated rings. The third kappa shape index (κ3) is 1.54. The first kappa shape index (κ1) is 7.88. The molecule has 0 spiro atoms. The number of nitriles is 1. The van der Waals surface area contributed by atoms with Gasteiger partial charge in [-0.3, -0.25) is 0 Å². The van der Waals surface area contributed by atoms with Crippen molar-refractivity contribution in [3.8, 4) is 6.07 Å². The van der Waals surface area contributed by atoms with Crippen LogP contribution in [0.15, 0.2) is 16.7 Å². The predicted molar refractivity (Wildman–Crippen MR) is 49.6 cm³/mol. The van der Waals surface area contributed by atoms with Crippen LogP contribution in [0.5, 0.6) is 0 Å². The molecule has 1 aliphatic rings. The van der Waals surface area contributed by atoms with Gasteiger partial charge in [-0.25, -0.2) is 0 Å². The highest BCUT2D eigenvalue weighted by atomic mass is 79.9. The maximum Gasteiger partial charge on any atom is 0.121 e. The molecule has 3 heteroatoms. The van der Waals surface area contributed by atoms with E-state index in [9.17, 15) is 0 Å². The van der Waals surface area contributed by atoms with Gasteiger partial charge in [0.15, 0.2) is 0 Å². The quantitative estimate of drug-likeness (QED) is 0.760. The maximum absolute atomic E-state index is 8.77. The van der Waals surface area contributed by atoms with Crippen molar-refractivity contribution >= 4 is 15.9 Å². The number of aromatic nitrogens is 1. The molecule has 2 nitrogen and oxygen atoms in total. The first-order valence-corrected chi connectivity index (χ1v) is 4.84. The fraction of sp³-hybridized carbons (Fsp3) is 0.444. The first-order valence-electron chi connectivity index (χ1n) is 4.05. The molecule has 0 atom stereocenters. The third-order valence-corrected chi connectivity index (χ3v) is 2.56. The summed E-state index contributed by atoms with van der Waals surface area (Å²) < 4.78 is 3.03. The molecule has 1 aromatic rings. The molecule has 0 amide bonds. The lowest BCUT2D eigenvalue weighted by atomic mass is 10.4. The molecule has 1 aliphatic carbocycles. The Labute approximate surface area is 79.9 Å². The molecule has 2 rings (SSSR count). The smallest absolute Gasteiger partial charge is 0.121 e. The lowest BCUT2D eigenvalue weighted by Gasteiger charge is -2.00. The predicted octanol–water partition coefficient (Wildman–Crippen LogP) is 2.53. The Balaban J connectivity index is 2.22. The number of hydrogen-bond donors (Lipinski definition) is 0. The van der Waals surface area contributed by atoms with E-state index in [1.807, 2.05) is 16.8 Å². The van der Waals surface area contributed by atoms with Gasteiger partial charge in [0.25, 0.3) is 0 Å². The summed E-state index contributed by atoms with van der Waals surface area (Å²) in [6.07, 6.45) is 4.62. The van der Waals surface area contributed by atoms with Crippen molar-refractivity contribution in [3.05, 3.63) is 22.4 Å². The normalized spacial score (nSPS) is 16.0. The van der Waals surface area contributed by atoms with Gasteiger partial charge in [0.05, 0.1) is 0 Å². The molecule has 0 saturated heterocycles. The fourth-order valence-corrected chi connectivity index (χ4v) is 1.76. The highest BCUT2D eigenvalue weighted by molar-refractivity contribution is 9.10. The van der Waals surface area contributed by atoms with E-state index in [2.05, 4.69) is 22.0 Å². The molecule has 0 aromatic carbocycles. The second kappa shape index (κ2) is 2.95. The number of halogens is 1. The Morgan fingerprint density at radius 2 is 2.42 bits per heavy atom. The van der Waals surface area contributed by atoms with Crippen LogP contribution in [0.3, 0.4) is 0 Å². The summed E-state index contributed by atoms with van der Waals surface area (Å²) in [6, 6.07) is 4.05. The van der Waals surface area contributed by atoms with Crippen LogP contribution in [0.25, 0.3) is 0 Å². The van der Waals surface area contributed by atoms with E-state index in [1.54, 1.807) is 0 Å². The second-order valence-corrected chi connectivity index (χ2v) is 4.17. The monoisotopic (exact) mass is 224 g/mol. The van der Waals surface area contributed by atoms with Crippen LogP contribution in [-0.2, 0) is 6.54 Å². The summed E-state index contributed by atoms with van der Waals surface area (Å²) >= 11 is 3.36. The van der Waals surface area contributed by atoms with Crippen molar-refractivity contribution in [1.82, 2.24) is 4.57 Å². The van der Waals surface area contributed by atoms with Gasteiger partial charge in [0, 0.05) is 17.2 Å². The molecule has 0 aliphatic heterocycles. The number of nitrogens with zero attached hydrogens (tertiary/aromatic N) is 2. The zero-order valence-corrected chi connectivity index (χ0v) is 8.21. The molecule has 62 valence electrons. The van der Waals surface area contributed by atoms with Crippen LogP contribution in [0, 0.1) is 17.2 Å². The van der Waals surface area contributed by atoms with Gasteiger partial charge in [0.1, 0.15) is 11.8 Å². The minimum Gasteiger partial charge on any atom is -0.338 e. The van der Waals surface area contributed by atoms with Crippen molar-refractivity contribution < 1.29 is 0 Å². The van der Waals surface area contributed by atoms with Gasteiger partial charge in [-0.15, -0.1) is 0 Å². The van der Waals surface area contributed by atoms with Crippen LogP contribution >= 0.6 is 15.9 Å². The van der Waals surface area contributed by atoms with Crippen molar-refractivity contribution in [2.24, 2.45) is 5.92 Å². The third-order valence-electron chi connectivity index (χ3n) is 2.13. The Morgan fingerprint density at radius 1 is 1.67 bits per heavy atom. The summed E-state index contributed by atoms with van der Waals surface area (Å²) in [6.45, 7) is 1.01. The van der Waals surface area contributed by atoms with Crippen LogP contribution in [0.4, 0.5) is 0 Å². The molecule has 12 heavy (non-hydrogen) atoms. The minimum atomic E-state index is 0.758. The fourth-order valence-electron chi connectivity index (χ4n) is 1.30. The number of rotatable bonds is 2. The van der Waals surface area contributed by atoms with E-state index in [0.717, 1.165) is 22.6 Å². The Hall–Kier alpha value is -0.750. The van der Waals surface area contributed by atoms with E-state index in [4.69, 9.17) is 5.26 Å². The SMILES string of the molecule is N#Cc1cc(Br)cn1CC1CC1. The molecule has 0 unspecified atom stereocenters. The van der Waals surface area contributed by atoms with Crippen molar-refractivity contribution in [2.45, 2.75) is 19.4 Å². The van der Waals surface area contributed by atoms with Crippen molar-refractivity contribution in [2.75, 3.05) is 0 Å². The minimum absolute atomic E-state index is 0.758.